The van der Waals surface area contributed by atoms with Crippen LogP contribution in [-0.2, 0) is 27.3 Å². The number of hydrogen-bond donors (Lipinski definition) is 1. The molecule has 2 aromatic rings. The van der Waals surface area contributed by atoms with E-state index in [4.69, 9.17) is 4.74 Å². The van der Waals surface area contributed by atoms with Crippen LogP contribution in [0.5, 0.6) is 0 Å². The molecule has 2 aliphatic heterocycles. The van der Waals surface area contributed by atoms with E-state index in [9.17, 15) is 9.59 Å². The molecular weight excluding hydrogens is 344 g/mol. The summed E-state index contributed by atoms with van der Waals surface area (Å²) < 4.78 is 5.81. The maximum atomic E-state index is 12.8. The molecule has 2 saturated heterocycles. The van der Waals surface area contributed by atoms with Crippen molar-refractivity contribution in [2.45, 2.75) is 31.5 Å². The standard InChI is InChI=1S/C20H22N4O3/c25-18(10-15-5-1-2-8-22-15)24-13-16(19-17(24)6-9-27-19)20(26)23-12-14-4-3-7-21-11-14/h1-5,7-8,11,16-17,19H,6,9-10,12-13H2,(H,23,26)/t16-,17-,19-/m1/s1. The number of hydrogen-bond acceptors (Lipinski definition) is 5. The molecule has 1 N–H and O–H groups in total. The summed E-state index contributed by atoms with van der Waals surface area (Å²) in [5.41, 5.74) is 1.68. The molecule has 27 heavy (non-hydrogen) atoms. The normalized spacial score (nSPS) is 23.9. The molecule has 0 aromatic carbocycles. The molecule has 4 rings (SSSR count). The Morgan fingerprint density at radius 1 is 1.22 bits per heavy atom. The molecule has 2 aromatic heterocycles. The summed E-state index contributed by atoms with van der Waals surface area (Å²) in [7, 11) is 0. The Kier molecular flexibility index (Phi) is 5.11. The van der Waals surface area contributed by atoms with E-state index in [0.29, 0.717) is 19.7 Å². The predicted molar refractivity (Wildman–Crippen MR) is 97.4 cm³/mol. The summed E-state index contributed by atoms with van der Waals surface area (Å²) >= 11 is 0. The van der Waals surface area contributed by atoms with E-state index < -0.39 is 0 Å². The Labute approximate surface area is 157 Å². The van der Waals surface area contributed by atoms with Crippen LogP contribution in [0.1, 0.15) is 17.7 Å². The lowest BCUT2D eigenvalue weighted by Crippen LogP contribution is -2.38. The third-order valence-electron chi connectivity index (χ3n) is 5.20. The lowest BCUT2D eigenvalue weighted by molar-refractivity contribution is -0.131. The molecule has 0 bridgehead atoms. The number of aromatic nitrogens is 2. The smallest absolute Gasteiger partial charge is 0.228 e. The maximum Gasteiger partial charge on any atom is 0.228 e. The molecule has 0 radical (unpaired) electrons. The second kappa shape index (κ2) is 7.84. The van der Waals surface area contributed by atoms with E-state index in [2.05, 4.69) is 15.3 Å². The van der Waals surface area contributed by atoms with Gasteiger partial charge in [-0.25, -0.2) is 0 Å². The van der Waals surface area contributed by atoms with Gasteiger partial charge in [-0.1, -0.05) is 12.1 Å². The predicted octanol–water partition coefficient (Wildman–Crippen LogP) is 0.951. The fourth-order valence-electron chi connectivity index (χ4n) is 3.87. The van der Waals surface area contributed by atoms with Gasteiger partial charge in [0.25, 0.3) is 0 Å². The molecule has 0 spiro atoms. The molecule has 140 valence electrons. The van der Waals surface area contributed by atoms with Crippen LogP contribution in [0.15, 0.2) is 48.9 Å². The van der Waals surface area contributed by atoms with Crippen molar-refractivity contribution in [2.24, 2.45) is 5.92 Å². The van der Waals surface area contributed by atoms with Crippen LogP contribution in [0, 0.1) is 5.92 Å². The molecule has 2 aliphatic rings. The average Bonchev–Trinajstić information content (AvgIpc) is 3.30. The highest BCUT2D eigenvalue weighted by molar-refractivity contribution is 5.84. The summed E-state index contributed by atoms with van der Waals surface area (Å²) in [5.74, 6) is -0.428. The SMILES string of the molecule is O=C(NCc1cccnc1)[C@@H]1CN(C(=O)Cc2ccccn2)[C@@H]2CCO[C@@H]21. The van der Waals surface area contributed by atoms with Crippen LogP contribution >= 0.6 is 0 Å². The Bertz CT molecular complexity index is 799. The number of carbonyl (C=O) groups excluding carboxylic acids is 2. The monoisotopic (exact) mass is 366 g/mol. The van der Waals surface area contributed by atoms with E-state index in [0.717, 1.165) is 17.7 Å². The molecule has 0 saturated carbocycles. The number of ether oxygens (including phenoxy) is 1. The average molecular weight is 366 g/mol. The van der Waals surface area contributed by atoms with Gasteiger partial charge in [0.05, 0.1) is 24.5 Å². The van der Waals surface area contributed by atoms with Crippen LogP contribution in [0.3, 0.4) is 0 Å². The molecular formula is C20H22N4O3. The second-order valence-electron chi connectivity index (χ2n) is 6.92. The van der Waals surface area contributed by atoms with E-state index in [-0.39, 0.29) is 36.3 Å². The summed E-state index contributed by atoms with van der Waals surface area (Å²) in [4.78, 5) is 35.6. The van der Waals surface area contributed by atoms with E-state index in [1.165, 1.54) is 0 Å². The van der Waals surface area contributed by atoms with Crippen LogP contribution in [0.4, 0.5) is 0 Å². The van der Waals surface area contributed by atoms with Crippen LogP contribution in [0.2, 0.25) is 0 Å². The van der Waals surface area contributed by atoms with E-state index in [1.807, 2.05) is 30.3 Å². The number of nitrogens with zero attached hydrogens (tertiary/aromatic N) is 3. The number of nitrogens with one attached hydrogen (secondary N) is 1. The summed E-state index contributed by atoms with van der Waals surface area (Å²) in [6, 6.07) is 9.26. The van der Waals surface area contributed by atoms with Gasteiger partial charge in [0.1, 0.15) is 0 Å². The summed E-state index contributed by atoms with van der Waals surface area (Å²) in [5, 5.41) is 2.95. The third-order valence-corrected chi connectivity index (χ3v) is 5.20. The van der Waals surface area contributed by atoms with Gasteiger partial charge in [-0.05, 0) is 30.2 Å². The van der Waals surface area contributed by atoms with Crippen LogP contribution in [-0.4, -0.2) is 52.0 Å². The highest BCUT2D eigenvalue weighted by Crippen LogP contribution is 2.34. The van der Waals surface area contributed by atoms with Crippen LogP contribution in [0.25, 0.3) is 0 Å². The zero-order valence-corrected chi connectivity index (χ0v) is 15.0. The molecule has 4 heterocycles. The van der Waals surface area contributed by atoms with Crippen molar-refractivity contribution in [1.82, 2.24) is 20.2 Å². The minimum atomic E-state index is -0.346. The van der Waals surface area contributed by atoms with Gasteiger partial charge in [-0.2, -0.15) is 0 Å². The quantitative estimate of drug-likeness (QED) is 0.852. The number of fused-ring (bicyclic) bond motifs is 1. The lowest BCUT2D eigenvalue weighted by Gasteiger charge is -2.22. The van der Waals surface area contributed by atoms with Crippen molar-refractivity contribution in [3.8, 4) is 0 Å². The summed E-state index contributed by atoms with van der Waals surface area (Å²) in [6.45, 7) is 1.39. The number of carbonyl (C=O) groups is 2. The van der Waals surface area contributed by atoms with Crippen LogP contribution < -0.4 is 5.32 Å². The zero-order chi connectivity index (χ0) is 18.6. The van der Waals surface area contributed by atoms with Crippen molar-refractivity contribution in [2.75, 3.05) is 13.2 Å². The maximum absolute atomic E-state index is 12.8. The van der Waals surface area contributed by atoms with Gasteiger partial charge < -0.3 is 15.0 Å². The van der Waals surface area contributed by atoms with E-state index >= 15 is 0 Å². The van der Waals surface area contributed by atoms with Crippen molar-refractivity contribution < 1.29 is 14.3 Å². The zero-order valence-electron chi connectivity index (χ0n) is 15.0. The van der Waals surface area contributed by atoms with Gasteiger partial charge in [0.2, 0.25) is 11.8 Å². The van der Waals surface area contributed by atoms with Gasteiger partial charge in [-0.3, -0.25) is 19.6 Å². The molecule has 2 amide bonds. The molecule has 2 fully saturated rings. The number of rotatable bonds is 5. The van der Waals surface area contributed by atoms with E-state index in [1.54, 1.807) is 23.5 Å². The minimum Gasteiger partial charge on any atom is -0.375 e. The Morgan fingerprint density at radius 2 is 2.15 bits per heavy atom. The Morgan fingerprint density at radius 3 is 2.93 bits per heavy atom. The van der Waals surface area contributed by atoms with Crippen molar-refractivity contribution >= 4 is 11.8 Å². The lowest BCUT2D eigenvalue weighted by atomic mass is 10.0. The number of pyridine rings is 2. The molecule has 7 nitrogen and oxygen atoms in total. The first-order chi connectivity index (χ1) is 13.2. The van der Waals surface area contributed by atoms with Gasteiger partial charge in [0.15, 0.2) is 0 Å². The highest BCUT2D eigenvalue weighted by Gasteiger charge is 2.50. The number of likely N-dealkylation sites (tertiary alicyclic amines) is 1. The van der Waals surface area contributed by atoms with Gasteiger partial charge in [-0.15, -0.1) is 0 Å². The minimum absolute atomic E-state index is 0.00300. The van der Waals surface area contributed by atoms with Gasteiger partial charge in [0, 0.05) is 44.0 Å². The Balaban J connectivity index is 1.41. The fourth-order valence-corrected chi connectivity index (χ4v) is 3.87. The Hall–Kier alpha value is -2.80. The van der Waals surface area contributed by atoms with Crippen molar-refractivity contribution in [3.63, 3.8) is 0 Å². The third kappa shape index (κ3) is 3.83. The van der Waals surface area contributed by atoms with Crippen molar-refractivity contribution in [1.29, 1.82) is 0 Å². The first-order valence-electron chi connectivity index (χ1n) is 9.20. The van der Waals surface area contributed by atoms with Gasteiger partial charge >= 0.3 is 0 Å². The largest absolute Gasteiger partial charge is 0.375 e. The topological polar surface area (TPSA) is 84.4 Å². The molecule has 7 heteroatoms. The molecule has 0 unspecified atom stereocenters. The highest BCUT2D eigenvalue weighted by atomic mass is 16.5. The summed E-state index contributed by atoms with van der Waals surface area (Å²) in [6.07, 6.45) is 5.89. The molecule has 0 aliphatic carbocycles. The second-order valence-corrected chi connectivity index (χ2v) is 6.92. The first-order valence-corrected chi connectivity index (χ1v) is 9.20. The first kappa shape index (κ1) is 17.6. The molecule has 3 atom stereocenters. The van der Waals surface area contributed by atoms with Crippen molar-refractivity contribution in [3.05, 3.63) is 60.2 Å². The number of amides is 2. The fraction of sp³-hybridized carbons (Fsp3) is 0.400.